The van der Waals surface area contributed by atoms with Crippen molar-refractivity contribution in [2.45, 2.75) is 26.5 Å². The average Bonchev–Trinajstić information content (AvgIpc) is 2.41. The van der Waals surface area contributed by atoms with Crippen LogP contribution in [-0.4, -0.2) is 11.2 Å². The van der Waals surface area contributed by atoms with E-state index in [1.54, 1.807) is 11.3 Å². The highest BCUT2D eigenvalue weighted by Gasteiger charge is 1.94. The van der Waals surface area contributed by atoms with Crippen LogP contribution < -0.4 is 0 Å². The molecule has 1 nitrogen and oxygen atoms in total. The minimum absolute atomic E-state index is 1.05. The van der Waals surface area contributed by atoms with Crippen molar-refractivity contribution < 1.29 is 0 Å². The summed E-state index contributed by atoms with van der Waals surface area (Å²) in [6.45, 7) is 6.03. The maximum Gasteiger partial charge on any atom is 0.103 e. The summed E-state index contributed by atoms with van der Waals surface area (Å²) in [4.78, 5) is 4.30. The van der Waals surface area contributed by atoms with E-state index >= 15 is 0 Å². The van der Waals surface area contributed by atoms with Gasteiger partial charge in [-0.2, -0.15) is 11.8 Å². The number of hydrogen-bond acceptors (Lipinski definition) is 3. The number of thioether (sulfide) groups is 1. The predicted octanol–water partition coefficient (Wildman–Crippen LogP) is 3.34. The number of nitrogens with zero attached hydrogens (tertiary/aromatic N) is 1. The van der Waals surface area contributed by atoms with Gasteiger partial charge in [-0.1, -0.05) is 13.8 Å². The summed E-state index contributed by atoms with van der Waals surface area (Å²) in [6.07, 6.45) is 2.09. The van der Waals surface area contributed by atoms with Crippen molar-refractivity contribution in [2.75, 3.05) is 6.26 Å². The Labute approximate surface area is 77.2 Å². The molecule has 0 unspecified atom stereocenters. The number of thiazole rings is 1. The molecular weight excluding hydrogens is 174 g/mol. The molecule has 0 aliphatic heterocycles. The Balaban J connectivity index is 0.000000461. The molecule has 0 aliphatic rings. The van der Waals surface area contributed by atoms with Crippen molar-refractivity contribution in [3.05, 3.63) is 16.1 Å². The zero-order chi connectivity index (χ0) is 8.69. The molecule has 0 radical (unpaired) electrons. The largest absolute Gasteiger partial charge is 0.246 e. The van der Waals surface area contributed by atoms with Crippen molar-refractivity contribution in [1.29, 1.82) is 0 Å². The normalized spacial score (nSPS) is 8.73. The summed E-state index contributed by atoms with van der Waals surface area (Å²) in [5.41, 5.74) is 1.14. The topological polar surface area (TPSA) is 12.9 Å². The summed E-state index contributed by atoms with van der Waals surface area (Å²) in [5.74, 6) is 1.05. The van der Waals surface area contributed by atoms with Gasteiger partial charge in [0.15, 0.2) is 0 Å². The highest BCUT2D eigenvalue weighted by molar-refractivity contribution is 7.97. The van der Waals surface area contributed by atoms with Gasteiger partial charge in [0.2, 0.25) is 0 Å². The van der Waals surface area contributed by atoms with Gasteiger partial charge in [-0.3, -0.25) is 0 Å². The Morgan fingerprint density at radius 2 is 2.18 bits per heavy atom. The molecule has 0 saturated heterocycles. The third kappa shape index (κ3) is 4.43. The van der Waals surface area contributed by atoms with E-state index in [1.807, 2.05) is 32.5 Å². The van der Waals surface area contributed by atoms with Gasteiger partial charge in [-0.15, -0.1) is 11.3 Å². The lowest BCUT2D eigenvalue weighted by Crippen LogP contribution is -1.76. The van der Waals surface area contributed by atoms with Crippen molar-refractivity contribution in [3.8, 4) is 0 Å². The highest BCUT2D eigenvalue weighted by atomic mass is 32.2. The molecule has 0 fully saturated rings. The molecule has 0 spiro atoms. The number of rotatable bonds is 2. The summed E-state index contributed by atoms with van der Waals surface area (Å²) in [5, 5.41) is 3.32. The lowest BCUT2D eigenvalue weighted by atomic mass is 10.6. The van der Waals surface area contributed by atoms with E-state index in [0.29, 0.717) is 0 Å². The van der Waals surface area contributed by atoms with E-state index in [1.165, 1.54) is 5.01 Å². The third-order valence-electron chi connectivity index (χ3n) is 0.934. The van der Waals surface area contributed by atoms with E-state index in [4.69, 9.17) is 0 Å². The lowest BCUT2D eigenvalue weighted by Gasteiger charge is -1.85. The van der Waals surface area contributed by atoms with Gasteiger partial charge >= 0.3 is 0 Å². The Bertz CT molecular complexity index is 184. The molecule has 0 aromatic carbocycles. The summed E-state index contributed by atoms with van der Waals surface area (Å²) in [6, 6.07) is 0. The number of hydrogen-bond donors (Lipinski definition) is 0. The first kappa shape index (κ1) is 11.0. The highest BCUT2D eigenvalue weighted by Crippen LogP contribution is 2.13. The monoisotopic (exact) mass is 189 g/mol. The van der Waals surface area contributed by atoms with Crippen molar-refractivity contribution in [1.82, 2.24) is 4.98 Å². The first-order valence-electron chi connectivity index (χ1n) is 3.73. The van der Waals surface area contributed by atoms with Crippen LogP contribution in [0.5, 0.6) is 0 Å². The molecule has 0 bridgehead atoms. The van der Waals surface area contributed by atoms with Gasteiger partial charge in [0.1, 0.15) is 5.01 Å². The van der Waals surface area contributed by atoms with Crippen LogP contribution in [-0.2, 0) is 5.75 Å². The zero-order valence-corrected chi connectivity index (χ0v) is 9.18. The van der Waals surface area contributed by atoms with Gasteiger partial charge in [-0.25, -0.2) is 4.98 Å². The summed E-state index contributed by atoms with van der Waals surface area (Å²) >= 11 is 3.56. The van der Waals surface area contributed by atoms with E-state index in [0.717, 1.165) is 11.4 Å². The number of aromatic nitrogens is 1. The van der Waals surface area contributed by atoms with Crippen molar-refractivity contribution in [2.24, 2.45) is 0 Å². The van der Waals surface area contributed by atoms with Gasteiger partial charge in [-0.05, 0) is 13.2 Å². The van der Waals surface area contributed by atoms with Crippen LogP contribution in [0.15, 0.2) is 5.38 Å². The molecule has 64 valence electrons. The van der Waals surface area contributed by atoms with Gasteiger partial charge < -0.3 is 0 Å². The van der Waals surface area contributed by atoms with Crippen LogP contribution in [0.1, 0.15) is 24.5 Å². The van der Waals surface area contributed by atoms with E-state index in [-0.39, 0.29) is 0 Å². The number of aryl methyl sites for hydroxylation is 1. The van der Waals surface area contributed by atoms with E-state index < -0.39 is 0 Å². The fourth-order valence-corrected chi connectivity index (χ4v) is 2.09. The molecule has 1 aromatic heterocycles. The van der Waals surface area contributed by atoms with E-state index in [9.17, 15) is 0 Å². The van der Waals surface area contributed by atoms with Crippen LogP contribution in [0, 0.1) is 6.92 Å². The van der Waals surface area contributed by atoms with Crippen LogP contribution >= 0.6 is 23.1 Å². The predicted molar refractivity (Wildman–Crippen MR) is 55.4 cm³/mol. The SMILES string of the molecule is CC.CSCc1nc(C)cs1. The molecule has 0 aliphatic carbocycles. The van der Waals surface area contributed by atoms with Crippen LogP contribution in [0.3, 0.4) is 0 Å². The Morgan fingerprint density at radius 1 is 1.55 bits per heavy atom. The summed E-state index contributed by atoms with van der Waals surface area (Å²) < 4.78 is 0. The van der Waals surface area contributed by atoms with Crippen LogP contribution in [0.25, 0.3) is 0 Å². The first-order chi connectivity index (χ1) is 5.33. The average molecular weight is 189 g/mol. The Morgan fingerprint density at radius 3 is 2.55 bits per heavy atom. The second-order valence-corrected chi connectivity index (χ2v) is 3.62. The maximum atomic E-state index is 4.30. The van der Waals surface area contributed by atoms with Gasteiger partial charge in [0, 0.05) is 16.8 Å². The van der Waals surface area contributed by atoms with Crippen LogP contribution in [0.2, 0.25) is 0 Å². The van der Waals surface area contributed by atoms with Crippen molar-refractivity contribution in [3.63, 3.8) is 0 Å². The minimum Gasteiger partial charge on any atom is -0.246 e. The first-order valence-corrected chi connectivity index (χ1v) is 6.00. The molecule has 11 heavy (non-hydrogen) atoms. The van der Waals surface area contributed by atoms with Gasteiger partial charge in [0.25, 0.3) is 0 Å². The van der Waals surface area contributed by atoms with Gasteiger partial charge in [0.05, 0.1) is 0 Å². The van der Waals surface area contributed by atoms with Crippen LogP contribution in [0.4, 0.5) is 0 Å². The molecule has 0 atom stereocenters. The quantitative estimate of drug-likeness (QED) is 0.707. The lowest BCUT2D eigenvalue weighted by molar-refractivity contribution is 1.19. The second kappa shape index (κ2) is 6.68. The molecule has 0 saturated carbocycles. The Kier molecular flexibility index (Phi) is 6.66. The molecule has 1 rings (SSSR count). The second-order valence-electron chi connectivity index (χ2n) is 1.82. The Hall–Kier alpha value is -0.0200. The molecule has 1 aromatic rings. The maximum absolute atomic E-state index is 4.30. The van der Waals surface area contributed by atoms with Crippen molar-refractivity contribution >= 4 is 23.1 Å². The standard InChI is InChI=1S/C6H9NS2.C2H6/c1-5-3-9-6(7-5)4-8-2;1-2/h3H,4H2,1-2H3;1-2H3. The summed E-state index contributed by atoms with van der Waals surface area (Å²) in [7, 11) is 0. The molecule has 0 N–H and O–H groups in total. The minimum atomic E-state index is 1.05. The third-order valence-corrected chi connectivity index (χ3v) is 2.65. The molecular formula is C8H15NS2. The zero-order valence-electron chi connectivity index (χ0n) is 7.55. The molecule has 0 amide bonds. The molecule has 1 heterocycles. The smallest absolute Gasteiger partial charge is 0.103 e. The fraction of sp³-hybridized carbons (Fsp3) is 0.625. The molecule has 3 heteroatoms. The fourth-order valence-electron chi connectivity index (χ4n) is 0.592. The van der Waals surface area contributed by atoms with E-state index in [2.05, 4.69) is 16.6 Å².